The molecule has 0 atom stereocenters. The Labute approximate surface area is 127 Å². The van der Waals surface area contributed by atoms with Gasteiger partial charge in [-0.25, -0.2) is 0 Å². The van der Waals surface area contributed by atoms with Crippen LogP contribution < -0.4 is 5.32 Å². The summed E-state index contributed by atoms with van der Waals surface area (Å²) in [6.45, 7) is 7.23. The van der Waals surface area contributed by atoms with E-state index in [2.05, 4.69) is 19.2 Å². The van der Waals surface area contributed by atoms with Gasteiger partial charge in [-0.1, -0.05) is 43.6 Å². The monoisotopic (exact) mass is 295 g/mol. The van der Waals surface area contributed by atoms with Crippen LogP contribution >= 0.6 is 11.6 Å². The predicted octanol–water partition coefficient (Wildman–Crippen LogP) is 4.42. The van der Waals surface area contributed by atoms with Gasteiger partial charge in [0.25, 0.3) is 0 Å². The molecule has 0 aliphatic heterocycles. The Bertz CT molecular complexity index is 415. The number of nitrogens with one attached hydrogen (secondary N) is 1. The van der Waals surface area contributed by atoms with Gasteiger partial charge in [-0.15, -0.1) is 0 Å². The molecule has 1 aromatic rings. The molecule has 0 unspecified atom stereocenters. The van der Waals surface area contributed by atoms with Crippen LogP contribution in [0.2, 0.25) is 5.02 Å². The first-order valence-corrected chi connectivity index (χ1v) is 8.07. The zero-order chi connectivity index (χ0) is 14.4. The number of ether oxygens (including phenoxy) is 1. The van der Waals surface area contributed by atoms with Gasteiger partial charge in [0.15, 0.2) is 0 Å². The largest absolute Gasteiger partial charge is 0.370 e. The molecule has 2 nitrogen and oxygen atoms in total. The molecule has 0 aromatic heterocycles. The van der Waals surface area contributed by atoms with Crippen LogP contribution in [-0.4, -0.2) is 18.7 Å². The highest BCUT2D eigenvalue weighted by Crippen LogP contribution is 2.39. The standard InChI is InChI=1S/C17H26ClNO/c1-14(2)12-19-11-10-17(8-5-9-17)20-13-15-6-3-4-7-16(15)18/h3-4,6-7,14,19H,5,8-13H2,1-2H3. The maximum Gasteiger partial charge on any atom is 0.0738 e. The third kappa shape index (κ3) is 4.47. The molecule has 0 saturated heterocycles. The van der Waals surface area contributed by atoms with Crippen molar-refractivity contribution in [2.24, 2.45) is 5.92 Å². The van der Waals surface area contributed by atoms with Gasteiger partial charge in [0.2, 0.25) is 0 Å². The van der Waals surface area contributed by atoms with Gasteiger partial charge >= 0.3 is 0 Å². The minimum Gasteiger partial charge on any atom is -0.370 e. The Hall–Kier alpha value is -0.570. The molecular formula is C17H26ClNO. The van der Waals surface area contributed by atoms with Crippen LogP contribution in [0, 0.1) is 5.92 Å². The van der Waals surface area contributed by atoms with E-state index in [1.54, 1.807) is 0 Å². The average Bonchev–Trinajstić information content (AvgIpc) is 2.37. The Morgan fingerprint density at radius 3 is 2.65 bits per heavy atom. The van der Waals surface area contributed by atoms with Crippen molar-refractivity contribution < 1.29 is 4.74 Å². The van der Waals surface area contributed by atoms with Crippen LogP contribution in [0.5, 0.6) is 0 Å². The fourth-order valence-electron chi connectivity index (χ4n) is 2.59. The fraction of sp³-hybridized carbons (Fsp3) is 0.647. The van der Waals surface area contributed by atoms with Crippen LogP contribution in [0.1, 0.15) is 45.1 Å². The minimum absolute atomic E-state index is 0.0865. The molecule has 1 aliphatic carbocycles. The molecule has 112 valence electrons. The molecule has 0 heterocycles. The summed E-state index contributed by atoms with van der Waals surface area (Å²) in [6.07, 6.45) is 4.75. The third-order valence-corrected chi connectivity index (χ3v) is 4.44. The van der Waals surface area contributed by atoms with E-state index in [4.69, 9.17) is 16.3 Å². The minimum atomic E-state index is 0.0865. The highest BCUT2D eigenvalue weighted by atomic mass is 35.5. The first-order valence-electron chi connectivity index (χ1n) is 7.69. The maximum atomic E-state index is 6.22. The van der Waals surface area contributed by atoms with Crippen molar-refractivity contribution in [1.29, 1.82) is 0 Å². The third-order valence-electron chi connectivity index (χ3n) is 4.07. The first-order chi connectivity index (χ1) is 9.61. The van der Waals surface area contributed by atoms with Gasteiger partial charge in [0.1, 0.15) is 0 Å². The zero-order valence-corrected chi connectivity index (χ0v) is 13.4. The molecule has 1 aliphatic rings. The summed E-state index contributed by atoms with van der Waals surface area (Å²) < 4.78 is 6.22. The molecule has 0 spiro atoms. The molecule has 3 heteroatoms. The Morgan fingerprint density at radius 1 is 1.30 bits per heavy atom. The van der Waals surface area contributed by atoms with Gasteiger partial charge in [-0.2, -0.15) is 0 Å². The molecule has 0 amide bonds. The maximum absolute atomic E-state index is 6.22. The highest BCUT2D eigenvalue weighted by molar-refractivity contribution is 6.31. The van der Waals surface area contributed by atoms with E-state index in [1.165, 1.54) is 19.3 Å². The summed E-state index contributed by atoms with van der Waals surface area (Å²) in [6, 6.07) is 7.95. The lowest BCUT2D eigenvalue weighted by Crippen LogP contribution is -2.42. The Balaban J connectivity index is 1.78. The fourth-order valence-corrected chi connectivity index (χ4v) is 2.78. The molecular weight excluding hydrogens is 270 g/mol. The smallest absolute Gasteiger partial charge is 0.0738 e. The van der Waals surface area contributed by atoms with Gasteiger partial charge < -0.3 is 10.1 Å². The Kier molecular flexibility index (Phi) is 5.88. The van der Waals surface area contributed by atoms with Crippen LogP contribution in [0.15, 0.2) is 24.3 Å². The molecule has 1 fully saturated rings. The van der Waals surface area contributed by atoms with E-state index in [9.17, 15) is 0 Å². The van der Waals surface area contributed by atoms with Crippen molar-refractivity contribution in [1.82, 2.24) is 5.32 Å². The normalized spacial score (nSPS) is 17.2. The second-order valence-electron chi connectivity index (χ2n) is 6.26. The van der Waals surface area contributed by atoms with E-state index >= 15 is 0 Å². The molecule has 2 rings (SSSR count). The number of hydrogen-bond donors (Lipinski definition) is 1. The van der Waals surface area contributed by atoms with Gasteiger partial charge in [0, 0.05) is 5.02 Å². The van der Waals surface area contributed by atoms with E-state index in [0.717, 1.165) is 30.1 Å². The second kappa shape index (κ2) is 7.44. The van der Waals surface area contributed by atoms with Crippen molar-refractivity contribution >= 4 is 11.6 Å². The van der Waals surface area contributed by atoms with E-state index in [0.29, 0.717) is 12.5 Å². The molecule has 0 bridgehead atoms. The van der Waals surface area contributed by atoms with E-state index < -0.39 is 0 Å². The molecule has 1 aromatic carbocycles. The SMILES string of the molecule is CC(C)CNCCC1(OCc2ccccc2Cl)CCC1. The quantitative estimate of drug-likeness (QED) is 0.717. The topological polar surface area (TPSA) is 21.3 Å². The summed E-state index contributed by atoms with van der Waals surface area (Å²) in [5, 5.41) is 4.32. The van der Waals surface area contributed by atoms with Crippen LogP contribution in [0.3, 0.4) is 0 Å². The second-order valence-corrected chi connectivity index (χ2v) is 6.67. The average molecular weight is 296 g/mol. The number of benzene rings is 1. The van der Waals surface area contributed by atoms with Crippen LogP contribution in [0.25, 0.3) is 0 Å². The zero-order valence-electron chi connectivity index (χ0n) is 12.6. The molecule has 0 radical (unpaired) electrons. The van der Waals surface area contributed by atoms with E-state index in [1.807, 2.05) is 24.3 Å². The summed E-state index contributed by atoms with van der Waals surface area (Å²) in [5.74, 6) is 0.705. The Morgan fingerprint density at radius 2 is 2.05 bits per heavy atom. The summed E-state index contributed by atoms with van der Waals surface area (Å²) >= 11 is 6.18. The number of hydrogen-bond acceptors (Lipinski definition) is 2. The van der Waals surface area contributed by atoms with Crippen molar-refractivity contribution in [3.05, 3.63) is 34.9 Å². The van der Waals surface area contributed by atoms with Gasteiger partial charge in [-0.3, -0.25) is 0 Å². The van der Waals surface area contributed by atoms with Crippen LogP contribution in [-0.2, 0) is 11.3 Å². The van der Waals surface area contributed by atoms with Gasteiger partial charge in [-0.05, 0) is 56.3 Å². The molecule has 20 heavy (non-hydrogen) atoms. The summed E-state index contributed by atoms with van der Waals surface area (Å²) in [5.41, 5.74) is 1.18. The first kappa shape index (κ1) is 15.8. The van der Waals surface area contributed by atoms with Crippen molar-refractivity contribution in [2.75, 3.05) is 13.1 Å². The lowest BCUT2D eigenvalue weighted by Gasteiger charge is -2.42. The van der Waals surface area contributed by atoms with Crippen molar-refractivity contribution in [3.8, 4) is 0 Å². The number of halogens is 1. The lowest BCUT2D eigenvalue weighted by atomic mass is 9.77. The highest BCUT2D eigenvalue weighted by Gasteiger charge is 2.37. The summed E-state index contributed by atoms with van der Waals surface area (Å²) in [4.78, 5) is 0. The molecule has 1 N–H and O–H groups in total. The van der Waals surface area contributed by atoms with Crippen LogP contribution in [0.4, 0.5) is 0 Å². The predicted molar refractivity (Wildman–Crippen MR) is 85.1 cm³/mol. The van der Waals surface area contributed by atoms with Crippen molar-refractivity contribution in [2.45, 2.75) is 51.7 Å². The lowest BCUT2D eigenvalue weighted by molar-refractivity contribution is -0.113. The molecule has 1 saturated carbocycles. The summed E-state index contributed by atoms with van der Waals surface area (Å²) in [7, 11) is 0. The van der Waals surface area contributed by atoms with E-state index in [-0.39, 0.29) is 5.60 Å². The van der Waals surface area contributed by atoms with Gasteiger partial charge in [0.05, 0.1) is 12.2 Å². The van der Waals surface area contributed by atoms with Crippen molar-refractivity contribution in [3.63, 3.8) is 0 Å². The number of rotatable bonds is 8.